The van der Waals surface area contributed by atoms with E-state index in [2.05, 4.69) is 15.6 Å². The van der Waals surface area contributed by atoms with Crippen molar-refractivity contribution in [3.8, 4) is 0 Å². The minimum Gasteiger partial charge on any atom is -0.354 e. The van der Waals surface area contributed by atoms with Crippen molar-refractivity contribution in [3.63, 3.8) is 0 Å². The van der Waals surface area contributed by atoms with Crippen LogP contribution in [0.2, 0.25) is 0 Å². The van der Waals surface area contributed by atoms with E-state index in [4.69, 9.17) is 0 Å². The van der Waals surface area contributed by atoms with E-state index in [1.165, 1.54) is 0 Å². The Labute approximate surface area is 137 Å². The maximum Gasteiger partial charge on any atom is 0.224 e. The summed E-state index contributed by atoms with van der Waals surface area (Å²) in [6, 6.07) is 10.1. The van der Waals surface area contributed by atoms with Gasteiger partial charge >= 0.3 is 0 Å². The van der Waals surface area contributed by atoms with E-state index in [-0.39, 0.29) is 36.8 Å². The molecule has 0 bridgehead atoms. The van der Waals surface area contributed by atoms with Gasteiger partial charge in [0.1, 0.15) is 0 Å². The van der Waals surface area contributed by atoms with Gasteiger partial charge in [0, 0.05) is 24.2 Å². The summed E-state index contributed by atoms with van der Waals surface area (Å²) in [6.07, 6.45) is 2.12. The van der Waals surface area contributed by atoms with Crippen LogP contribution in [0.15, 0.2) is 36.5 Å². The van der Waals surface area contributed by atoms with Crippen LogP contribution >= 0.6 is 24.8 Å². The summed E-state index contributed by atoms with van der Waals surface area (Å²) in [4.78, 5) is 16.3. The second-order valence-electron chi connectivity index (χ2n) is 4.66. The third-order valence-corrected chi connectivity index (χ3v) is 3.17. The van der Waals surface area contributed by atoms with Gasteiger partial charge in [0.2, 0.25) is 5.91 Å². The number of amides is 1. The van der Waals surface area contributed by atoms with Crippen LogP contribution in [-0.2, 0) is 11.2 Å². The molecule has 0 radical (unpaired) electrons. The van der Waals surface area contributed by atoms with Crippen LogP contribution in [0.5, 0.6) is 0 Å². The van der Waals surface area contributed by atoms with Crippen molar-refractivity contribution >= 4 is 41.6 Å². The molecule has 1 unspecified atom stereocenters. The van der Waals surface area contributed by atoms with Gasteiger partial charge in [-0.15, -0.1) is 24.8 Å². The SMILES string of the molecule is CNC(C)CNC(=O)Cc1cccc2cccnc12.Cl.Cl. The molecule has 0 aliphatic heterocycles. The molecule has 21 heavy (non-hydrogen) atoms. The van der Waals surface area contributed by atoms with E-state index in [9.17, 15) is 4.79 Å². The van der Waals surface area contributed by atoms with E-state index in [1.807, 2.05) is 44.3 Å². The highest BCUT2D eigenvalue weighted by molar-refractivity contribution is 5.87. The Bertz CT molecular complexity index is 572. The Balaban J connectivity index is 0.00000200. The normalized spacial score (nSPS) is 11.1. The van der Waals surface area contributed by atoms with Crippen LogP contribution in [-0.4, -0.2) is 30.5 Å². The molecule has 0 aliphatic rings. The maximum absolute atomic E-state index is 11.9. The fraction of sp³-hybridized carbons (Fsp3) is 0.333. The molecule has 0 fully saturated rings. The zero-order valence-electron chi connectivity index (χ0n) is 12.1. The Hall–Kier alpha value is -1.36. The predicted molar refractivity (Wildman–Crippen MR) is 91.5 cm³/mol. The molecule has 2 rings (SSSR count). The monoisotopic (exact) mass is 329 g/mol. The number of likely N-dealkylation sites (N-methyl/N-ethyl adjacent to an activating group) is 1. The first-order valence-corrected chi connectivity index (χ1v) is 6.47. The Morgan fingerprint density at radius 1 is 1.24 bits per heavy atom. The number of fused-ring (bicyclic) bond motifs is 1. The van der Waals surface area contributed by atoms with Gasteiger partial charge in [0.15, 0.2) is 0 Å². The maximum atomic E-state index is 11.9. The summed E-state index contributed by atoms with van der Waals surface area (Å²) in [5.74, 6) is 0.0280. The summed E-state index contributed by atoms with van der Waals surface area (Å²) in [6.45, 7) is 2.66. The molecule has 2 N–H and O–H groups in total. The summed E-state index contributed by atoms with van der Waals surface area (Å²) < 4.78 is 0. The molecule has 0 saturated carbocycles. The third-order valence-electron chi connectivity index (χ3n) is 3.17. The van der Waals surface area contributed by atoms with Crippen molar-refractivity contribution in [2.24, 2.45) is 0 Å². The zero-order chi connectivity index (χ0) is 13.7. The second-order valence-corrected chi connectivity index (χ2v) is 4.66. The standard InChI is InChI=1S/C15H19N3O.2ClH/c1-11(16-2)10-18-14(19)9-13-6-3-5-12-7-4-8-17-15(12)13;;/h3-8,11,16H,9-10H2,1-2H3,(H,18,19);2*1H. The highest BCUT2D eigenvalue weighted by atomic mass is 35.5. The minimum absolute atomic E-state index is 0. The second kappa shape index (κ2) is 9.55. The first-order chi connectivity index (χ1) is 9.20. The number of hydrogen-bond acceptors (Lipinski definition) is 3. The Morgan fingerprint density at radius 3 is 2.67 bits per heavy atom. The van der Waals surface area contributed by atoms with Crippen molar-refractivity contribution in [1.29, 1.82) is 0 Å². The average molecular weight is 330 g/mol. The number of para-hydroxylation sites is 1. The molecule has 6 heteroatoms. The quantitative estimate of drug-likeness (QED) is 0.885. The highest BCUT2D eigenvalue weighted by Crippen LogP contribution is 2.16. The van der Waals surface area contributed by atoms with Gasteiger partial charge in [-0.1, -0.05) is 24.3 Å². The van der Waals surface area contributed by atoms with Crippen molar-refractivity contribution in [2.45, 2.75) is 19.4 Å². The van der Waals surface area contributed by atoms with Crippen LogP contribution in [0.25, 0.3) is 10.9 Å². The molecule has 0 spiro atoms. The lowest BCUT2D eigenvalue weighted by molar-refractivity contribution is -0.120. The molecule has 2 aromatic rings. The Kier molecular flexibility index (Phi) is 8.93. The lowest BCUT2D eigenvalue weighted by Crippen LogP contribution is -2.37. The molecule has 116 valence electrons. The average Bonchev–Trinajstić information content (AvgIpc) is 2.45. The van der Waals surface area contributed by atoms with E-state index in [1.54, 1.807) is 6.20 Å². The lowest BCUT2D eigenvalue weighted by Gasteiger charge is -2.11. The van der Waals surface area contributed by atoms with Crippen LogP contribution in [0.3, 0.4) is 0 Å². The van der Waals surface area contributed by atoms with E-state index >= 15 is 0 Å². The van der Waals surface area contributed by atoms with Crippen molar-refractivity contribution in [2.75, 3.05) is 13.6 Å². The van der Waals surface area contributed by atoms with Gasteiger partial charge in [-0.25, -0.2) is 0 Å². The number of pyridine rings is 1. The van der Waals surface area contributed by atoms with Crippen LogP contribution < -0.4 is 10.6 Å². The summed E-state index contributed by atoms with van der Waals surface area (Å²) in [5, 5.41) is 7.07. The number of aromatic nitrogens is 1. The summed E-state index contributed by atoms with van der Waals surface area (Å²) in [5.41, 5.74) is 1.87. The van der Waals surface area contributed by atoms with Gasteiger partial charge in [0.25, 0.3) is 0 Å². The van der Waals surface area contributed by atoms with Gasteiger partial charge in [-0.2, -0.15) is 0 Å². The van der Waals surface area contributed by atoms with E-state index in [0.29, 0.717) is 13.0 Å². The number of halogens is 2. The van der Waals surface area contributed by atoms with Crippen LogP contribution in [0.4, 0.5) is 0 Å². The predicted octanol–water partition coefficient (Wildman–Crippen LogP) is 2.35. The Morgan fingerprint density at radius 2 is 1.95 bits per heavy atom. The largest absolute Gasteiger partial charge is 0.354 e. The van der Waals surface area contributed by atoms with E-state index in [0.717, 1.165) is 16.5 Å². The molecular weight excluding hydrogens is 309 g/mol. The van der Waals surface area contributed by atoms with Gasteiger partial charge < -0.3 is 10.6 Å². The molecular formula is C15H21Cl2N3O. The third kappa shape index (κ3) is 5.50. The molecule has 4 nitrogen and oxygen atoms in total. The number of nitrogens with zero attached hydrogens (tertiary/aromatic N) is 1. The van der Waals surface area contributed by atoms with Crippen molar-refractivity contribution in [1.82, 2.24) is 15.6 Å². The topological polar surface area (TPSA) is 54.0 Å². The fourth-order valence-corrected chi connectivity index (χ4v) is 1.91. The fourth-order valence-electron chi connectivity index (χ4n) is 1.91. The zero-order valence-corrected chi connectivity index (χ0v) is 13.8. The minimum atomic E-state index is 0. The molecule has 1 heterocycles. The number of carbonyl (C=O) groups is 1. The molecule has 1 amide bonds. The van der Waals surface area contributed by atoms with Gasteiger partial charge in [-0.05, 0) is 25.6 Å². The molecule has 1 aromatic heterocycles. The number of benzene rings is 1. The molecule has 1 aromatic carbocycles. The van der Waals surface area contributed by atoms with E-state index < -0.39 is 0 Å². The van der Waals surface area contributed by atoms with Crippen molar-refractivity contribution < 1.29 is 4.79 Å². The molecule has 1 atom stereocenters. The number of nitrogens with one attached hydrogen (secondary N) is 2. The summed E-state index contributed by atoms with van der Waals surface area (Å²) in [7, 11) is 1.88. The lowest BCUT2D eigenvalue weighted by atomic mass is 10.1. The number of rotatable bonds is 5. The smallest absolute Gasteiger partial charge is 0.224 e. The first-order valence-electron chi connectivity index (χ1n) is 6.47. The first kappa shape index (κ1) is 19.6. The van der Waals surface area contributed by atoms with Crippen LogP contribution in [0.1, 0.15) is 12.5 Å². The molecule has 0 saturated heterocycles. The summed E-state index contributed by atoms with van der Waals surface area (Å²) >= 11 is 0. The van der Waals surface area contributed by atoms with Gasteiger partial charge in [0.05, 0.1) is 11.9 Å². The number of carbonyl (C=O) groups excluding carboxylic acids is 1. The van der Waals surface area contributed by atoms with Crippen molar-refractivity contribution in [3.05, 3.63) is 42.1 Å². The number of hydrogen-bond donors (Lipinski definition) is 2. The molecule has 0 aliphatic carbocycles. The van der Waals surface area contributed by atoms with Gasteiger partial charge in [-0.3, -0.25) is 9.78 Å². The van der Waals surface area contributed by atoms with Crippen LogP contribution in [0, 0.1) is 0 Å². The highest BCUT2D eigenvalue weighted by Gasteiger charge is 2.08.